The molecule has 4 heteroatoms. The second-order valence-electron chi connectivity index (χ2n) is 5.52. The predicted molar refractivity (Wildman–Crippen MR) is 88.1 cm³/mol. The van der Waals surface area contributed by atoms with Crippen LogP contribution in [0.2, 0.25) is 0 Å². The number of H-pyrrole nitrogens is 1. The molecule has 0 bridgehead atoms. The molecule has 1 aromatic carbocycles. The number of hydrogen-bond acceptors (Lipinski definition) is 3. The summed E-state index contributed by atoms with van der Waals surface area (Å²) in [4.78, 5) is 6.36. The lowest BCUT2D eigenvalue weighted by atomic mass is 10.1. The summed E-state index contributed by atoms with van der Waals surface area (Å²) in [5, 5.41) is 7.55. The largest absolute Gasteiger partial charge is 0.294 e. The Morgan fingerprint density at radius 1 is 1.09 bits per heavy atom. The van der Waals surface area contributed by atoms with E-state index < -0.39 is 0 Å². The maximum atomic E-state index is 4.41. The van der Waals surface area contributed by atoms with Gasteiger partial charge in [0.1, 0.15) is 0 Å². The molecule has 0 spiro atoms. The molecule has 0 unspecified atom stereocenters. The van der Waals surface area contributed by atoms with Crippen molar-refractivity contribution in [3.05, 3.63) is 72.2 Å². The fourth-order valence-corrected chi connectivity index (χ4v) is 2.50. The molecule has 112 valence electrons. The molecule has 1 atom stereocenters. The van der Waals surface area contributed by atoms with Crippen LogP contribution in [0.25, 0.3) is 11.3 Å². The first kappa shape index (κ1) is 14.5. The lowest BCUT2D eigenvalue weighted by Gasteiger charge is -2.24. The van der Waals surface area contributed by atoms with Crippen LogP contribution in [-0.4, -0.2) is 27.1 Å². The molecule has 0 saturated heterocycles. The van der Waals surface area contributed by atoms with Crippen molar-refractivity contribution in [2.75, 3.05) is 7.05 Å². The van der Waals surface area contributed by atoms with E-state index in [4.69, 9.17) is 0 Å². The summed E-state index contributed by atoms with van der Waals surface area (Å²) in [7, 11) is 2.12. The van der Waals surface area contributed by atoms with Crippen molar-refractivity contribution < 1.29 is 0 Å². The number of pyridine rings is 1. The summed E-state index contributed by atoms with van der Waals surface area (Å²) >= 11 is 0. The molecule has 0 aliphatic heterocycles. The van der Waals surface area contributed by atoms with Crippen LogP contribution in [0.15, 0.2) is 60.9 Å². The fraction of sp³-hybridized carbons (Fsp3) is 0.222. The summed E-state index contributed by atoms with van der Waals surface area (Å²) in [5.74, 6) is 0. The van der Waals surface area contributed by atoms with E-state index in [1.165, 1.54) is 5.56 Å². The number of hydrogen-bond donors (Lipinski definition) is 1. The zero-order chi connectivity index (χ0) is 15.4. The van der Waals surface area contributed by atoms with Gasteiger partial charge >= 0.3 is 0 Å². The third-order valence-electron chi connectivity index (χ3n) is 3.97. The summed E-state index contributed by atoms with van der Waals surface area (Å²) in [6.45, 7) is 3.02. The molecule has 3 aromatic rings. The standard InChI is InChI=1S/C18H20N4/c1-14(15-8-10-19-11-9-15)22(2)13-17-12-18(21-20-17)16-6-4-3-5-7-16/h3-12,14H,13H2,1-2H3,(H,20,21)/t14-/m1/s1. The summed E-state index contributed by atoms with van der Waals surface area (Å²) in [5.41, 5.74) is 4.50. The van der Waals surface area contributed by atoms with Crippen LogP contribution in [-0.2, 0) is 6.54 Å². The van der Waals surface area contributed by atoms with Gasteiger partial charge in [0.25, 0.3) is 0 Å². The van der Waals surface area contributed by atoms with Crippen LogP contribution in [0, 0.1) is 0 Å². The Kier molecular flexibility index (Phi) is 4.30. The number of rotatable bonds is 5. The van der Waals surface area contributed by atoms with Gasteiger partial charge in [-0.1, -0.05) is 30.3 Å². The molecule has 0 radical (unpaired) electrons. The molecule has 2 heterocycles. The van der Waals surface area contributed by atoms with E-state index in [1.807, 2.05) is 30.6 Å². The lowest BCUT2D eigenvalue weighted by Crippen LogP contribution is -2.22. The first-order valence-electron chi connectivity index (χ1n) is 7.44. The second-order valence-corrected chi connectivity index (χ2v) is 5.52. The van der Waals surface area contributed by atoms with Crippen molar-refractivity contribution in [2.45, 2.75) is 19.5 Å². The van der Waals surface area contributed by atoms with Gasteiger partial charge in [-0.2, -0.15) is 5.10 Å². The Bertz CT molecular complexity index is 706. The fourth-order valence-electron chi connectivity index (χ4n) is 2.50. The van der Waals surface area contributed by atoms with Crippen LogP contribution < -0.4 is 0 Å². The molecule has 0 aliphatic rings. The highest BCUT2D eigenvalue weighted by molar-refractivity contribution is 5.58. The van der Waals surface area contributed by atoms with E-state index in [2.05, 4.69) is 64.4 Å². The minimum Gasteiger partial charge on any atom is -0.294 e. The predicted octanol–water partition coefficient (Wildman–Crippen LogP) is 3.66. The van der Waals surface area contributed by atoms with Gasteiger partial charge in [-0.15, -0.1) is 0 Å². The number of nitrogens with one attached hydrogen (secondary N) is 1. The third-order valence-corrected chi connectivity index (χ3v) is 3.97. The van der Waals surface area contributed by atoms with Crippen LogP contribution >= 0.6 is 0 Å². The number of benzene rings is 1. The van der Waals surface area contributed by atoms with Crippen LogP contribution in [0.3, 0.4) is 0 Å². The van der Waals surface area contributed by atoms with Crippen molar-refractivity contribution >= 4 is 0 Å². The van der Waals surface area contributed by atoms with E-state index in [1.54, 1.807) is 0 Å². The van der Waals surface area contributed by atoms with E-state index in [9.17, 15) is 0 Å². The zero-order valence-electron chi connectivity index (χ0n) is 12.9. The molecule has 4 nitrogen and oxygen atoms in total. The van der Waals surface area contributed by atoms with Crippen molar-refractivity contribution in [3.63, 3.8) is 0 Å². The van der Waals surface area contributed by atoms with Crippen molar-refractivity contribution in [1.82, 2.24) is 20.1 Å². The molecule has 0 fully saturated rings. The Morgan fingerprint density at radius 2 is 1.82 bits per heavy atom. The smallest absolute Gasteiger partial charge is 0.0924 e. The molecule has 0 saturated carbocycles. The Hall–Kier alpha value is -2.46. The topological polar surface area (TPSA) is 44.8 Å². The van der Waals surface area contributed by atoms with Crippen LogP contribution in [0.1, 0.15) is 24.2 Å². The molecule has 3 rings (SSSR count). The number of aromatic nitrogens is 3. The van der Waals surface area contributed by atoms with E-state index >= 15 is 0 Å². The molecule has 22 heavy (non-hydrogen) atoms. The first-order chi connectivity index (χ1) is 10.7. The summed E-state index contributed by atoms with van der Waals surface area (Å²) < 4.78 is 0. The molecular formula is C18H20N4. The number of aromatic amines is 1. The van der Waals surface area contributed by atoms with Gasteiger partial charge in [-0.3, -0.25) is 15.0 Å². The monoisotopic (exact) mass is 292 g/mol. The molecule has 0 aliphatic carbocycles. The Labute approximate surface area is 130 Å². The van der Waals surface area contributed by atoms with Gasteiger partial charge in [0.2, 0.25) is 0 Å². The van der Waals surface area contributed by atoms with Crippen molar-refractivity contribution in [2.24, 2.45) is 0 Å². The minimum absolute atomic E-state index is 0.325. The zero-order valence-corrected chi connectivity index (χ0v) is 12.9. The van der Waals surface area contributed by atoms with Gasteiger partial charge in [-0.25, -0.2) is 0 Å². The van der Waals surface area contributed by atoms with Crippen molar-refractivity contribution in [1.29, 1.82) is 0 Å². The average Bonchev–Trinajstić information content (AvgIpc) is 3.04. The maximum Gasteiger partial charge on any atom is 0.0924 e. The van der Waals surface area contributed by atoms with Gasteiger partial charge < -0.3 is 0 Å². The quantitative estimate of drug-likeness (QED) is 0.780. The molecule has 1 N–H and O–H groups in total. The highest BCUT2D eigenvalue weighted by Gasteiger charge is 2.13. The summed E-state index contributed by atoms with van der Waals surface area (Å²) in [6, 6.07) is 16.8. The van der Waals surface area contributed by atoms with Gasteiger partial charge in [-0.05, 0) is 37.7 Å². The summed E-state index contributed by atoms with van der Waals surface area (Å²) in [6.07, 6.45) is 3.67. The lowest BCUT2D eigenvalue weighted by molar-refractivity contribution is 0.250. The minimum atomic E-state index is 0.325. The third kappa shape index (κ3) is 3.23. The van der Waals surface area contributed by atoms with E-state index in [0.717, 1.165) is 23.5 Å². The van der Waals surface area contributed by atoms with Crippen LogP contribution in [0.5, 0.6) is 0 Å². The van der Waals surface area contributed by atoms with Gasteiger partial charge in [0, 0.05) is 36.2 Å². The van der Waals surface area contributed by atoms with Crippen molar-refractivity contribution in [3.8, 4) is 11.3 Å². The second kappa shape index (κ2) is 6.54. The molecule has 0 amide bonds. The van der Waals surface area contributed by atoms with Gasteiger partial charge in [0.15, 0.2) is 0 Å². The van der Waals surface area contributed by atoms with E-state index in [0.29, 0.717) is 6.04 Å². The van der Waals surface area contributed by atoms with E-state index in [-0.39, 0.29) is 0 Å². The first-order valence-corrected chi connectivity index (χ1v) is 7.44. The average molecular weight is 292 g/mol. The highest BCUT2D eigenvalue weighted by atomic mass is 15.2. The normalized spacial score (nSPS) is 12.5. The Balaban J connectivity index is 1.70. The van der Waals surface area contributed by atoms with Crippen LogP contribution in [0.4, 0.5) is 0 Å². The highest BCUT2D eigenvalue weighted by Crippen LogP contribution is 2.21. The number of nitrogens with zero attached hydrogens (tertiary/aromatic N) is 3. The SMILES string of the molecule is C[C@H](c1ccncc1)N(C)Cc1cc(-c2ccccc2)n[nH]1. The molecule has 2 aromatic heterocycles. The maximum absolute atomic E-state index is 4.41. The Morgan fingerprint density at radius 3 is 2.55 bits per heavy atom. The van der Waals surface area contributed by atoms with Gasteiger partial charge in [0.05, 0.1) is 5.69 Å². The molecular weight excluding hydrogens is 272 g/mol.